The Labute approximate surface area is 245 Å². The van der Waals surface area contributed by atoms with E-state index >= 15 is 0 Å². The molecular weight excluding hydrogens is 556 g/mol. The lowest BCUT2D eigenvalue weighted by Crippen LogP contribution is -2.63. The van der Waals surface area contributed by atoms with Crippen molar-refractivity contribution in [2.75, 3.05) is 13.2 Å². The number of rotatable bonds is 14. The van der Waals surface area contributed by atoms with Gasteiger partial charge < -0.3 is 61.0 Å². The molecule has 2 aliphatic heterocycles. The van der Waals surface area contributed by atoms with E-state index < -0.39 is 74.5 Å². The van der Waals surface area contributed by atoms with Gasteiger partial charge in [0.2, 0.25) is 11.8 Å². The zero-order valence-electron chi connectivity index (χ0n) is 23.5. The molecule has 0 aromatic rings. The van der Waals surface area contributed by atoms with Crippen molar-refractivity contribution in [2.24, 2.45) is 0 Å². The van der Waals surface area contributed by atoms with Crippen LogP contribution in [0.25, 0.3) is 0 Å². The van der Waals surface area contributed by atoms with Crippen molar-refractivity contribution in [3.63, 3.8) is 0 Å². The Morgan fingerprint density at radius 3 is 1.29 bits per heavy atom. The summed E-state index contributed by atoms with van der Waals surface area (Å²) in [5, 5.41) is 82.3. The van der Waals surface area contributed by atoms with Crippen LogP contribution in [-0.4, -0.2) is 127 Å². The number of aliphatic hydroxyl groups excluding tert-OH is 8. The monoisotopic (exact) mass is 600 g/mol. The third-order valence-electron chi connectivity index (χ3n) is 7.04. The topological polar surface area (TPSA) is 238 Å². The van der Waals surface area contributed by atoms with E-state index in [4.69, 9.17) is 9.47 Å². The molecule has 14 nitrogen and oxygen atoms in total. The van der Waals surface area contributed by atoms with Crippen molar-refractivity contribution >= 4 is 11.8 Å². The van der Waals surface area contributed by atoms with Crippen LogP contribution in [0, 0.1) is 23.7 Å². The molecule has 238 valence electrons. The van der Waals surface area contributed by atoms with Gasteiger partial charge in [0.1, 0.15) is 48.8 Å². The number of carbonyl (C=O) groups is 2. The lowest BCUT2D eigenvalue weighted by Gasteiger charge is -2.40. The maximum absolute atomic E-state index is 12.1. The molecule has 2 fully saturated rings. The molecule has 2 rings (SSSR count). The third kappa shape index (κ3) is 11.4. The quantitative estimate of drug-likeness (QED) is 0.0698. The molecule has 0 spiro atoms. The summed E-state index contributed by atoms with van der Waals surface area (Å²) in [7, 11) is 0. The molecule has 42 heavy (non-hydrogen) atoms. The Bertz CT molecular complexity index is 880. The highest BCUT2D eigenvalue weighted by Crippen LogP contribution is 2.21. The fraction of sp³-hybridized carbons (Fsp3) is 0.786. The summed E-state index contributed by atoms with van der Waals surface area (Å²) in [6, 6.07) is 0. The molecule has 2 saturated heterocycles. The van der Waals surface area contributed by atoms with E-state index in [-0.39, 0.29) is 24.7 Å². The van der Waals surface area contributed by atoms with Crippen LogP contribution in [0.5, 0.6) is 0 Å². The number of carbonyl (C=O) groups excluding carboxylic acids is 2. The van der Waals surface area contributed by atoms with E-state index in [2.05, 4.69) is 34.3 Å². The lowest BCUT2D eigenvalue weighted by atomic mass is 9.98. The van der Waals surface area contributed by atoms with Gasteiger partial charge in [0.15, 0.2) is 12.5 Å². The Hall–Kier alpha value is -2.34. The minimum atomic E-state index is -1.54. The molecule has 2 aliphatic rings. The van der Waals surface area contributed by atoms with E-state index in [1.165, 1.54) is 0 Å². The van der Waals surface area contributed by atoms with Crippen LogP contribution in [-0.2, 0) is 19.1 Å². The molecule has 0 bridgehead atoms. The molecule has 0 radical (unpaired) electrons. The van der Waals surface area contributed by atoms with E-state index in [0.29, 0.717) is 25.7 Å². The van der Waals surface area contributed by atoms with Gasteiger partial charge in [-0.2, -0.15) is 0 Å². The van der Waals surface area contributed by atoms with Gasteiger partial charge in [-0.25, -0.2) is 0 Å². The van der Waals surface area contributed by atoms with Crippen molar-refractivity contribution in [2.45, 2.75) is 125 Å². The number of hydrogen-bond acceptors (Lipinski definition) is 12. The molecule has 2 amide bonds. The Morgan fingerprint density at radius 2 is 0.929 bits per heavy atom. The standard InChI is InChI=1S/C28H44N2O12/c31-15-17-21(35)23(37)25(39)27(41-17)29-19(33)13-11-9-7-5-3-1-2-4-6-8-10-12-14-20(34)30-28-26(40)24(38)22(36)18(16-32)42-28/h17-18,21-28,31-32,35-40H,5-16H2,(H,29,33)(H,30,34)/t17-,18-,21-,22-,23+,24+,25-,26-,27-,28-/m1/s1. The first-order chi connectivity index (χ1) is 20.1. The van der Waals surface area contributed by atoms with Crippen LogP contribution < -0.4 is 10.6 Å². The maximum Gasteiger partial charge on any atom is 0.222 e. The lowest BCUT2D eigenvalue weighted by molar-refractivity contribution is -0.236. The molecule has 0 aromatic heterocycles. The van der Waals surface area contributed by atoms with Crippen LogP contribution in [0.2, 0.25) is 0 Å². The number of ether oxygens (including phenoxy) is 2. The van der Waals surface area contributed by atoms with Crippen LogP contribution in [0.3, 0.4) is 0 Å². The summed E-state index contributed by atoms with van der Waals surface area (Å²) < 4.78 is 10.5. The molecule has 0 aromatic carbocycles. The number of hydrogen-bond donors (Lipinski definition) is 10. The minimum Gasteiger partial charge on any atom is -0.394 e. The Balaban J connectivity index is 1.49. The first-order valence-electron chi connectivity index (χ1n) is 14.3. The second-order valence-corrected chi connectivity index (χ2v) is 10.4. The van der Waals surface area contributed by atoms with Gasteiger partial charge in [-0.1, -0.05) is 24.7 Å². The molecule has 14 heteroatoms. The van der Waals surface area contributed by atoms with Gasteiger partial charge in [0, 0.05) is 25.7 Å². The van der Waals surface area contributed by atoms with Gasteiger partial charge in [-0.15, -0.1) is 0 Å². The fourth-order valence-corrected chi connectivity index (χ4v) is 4.47. The van der Waals surface area contributed by atoms with Crippen LogP contribution in [0.4, 0.5) is 0 Å². The first-order valence-corrected chi connectivity index (χ1v) is 14.3. The highest BCUT2D eigenvalue weighted by molar-refractivity contribution is 5.76. The third-order valence-corrected chi connectivity index (χ3v) is 7.04. The molecule has 0 aliphatic carbocycles. The normalized spacial score (nSPS) is 32.6. The van der Waals surface area contributed by atoms with Crippen LogP contribution in [0.15, 0.2) is 0 Å². The number of nitrogens with one attached hydrogen (secondary N) is 2. The zero-order valence-corrected chi connectivity index (χ0v) is 23.5. The summed E-state index contributed by atoms with van der Waals surface area (Å²) in [6.07, 6.45) is -7.89. The van der Waals surface area contributed by atoms with Gasteiger partial charge in [0.05, 0.1) is 13.2 Å². The number of aliphatic hydroxyl groups is 8. The predicted octanol–water partition coefficient (Wildman–Crippen LogP) is -3.27. The molecule has 0 unspecified atom stereocenters. The molecule has 0 saturated carbocycles. The molecular formula is C28H44N2O12. The van der Waals surface area contributed by atoms with Gasteiger partial charge in [0.25, 0.3) is 0 Å². The van der Waals surface area contributed by atoms with Crippen molar-refractivity contribution in [3.8, 4) is 23.7 Å². The van der Waals surface area contributed by atoms with E-state index in [0.717, 1.165) is 25.7 Å². The summed E-state index contributed by atoms with van der Waals surface area (Å²) >= 11 is 0. The summed E-state index contributed by atoms with van der Waals surface area (Å²) in [5.41, 5.74) is 0. The van der Waals surface area contributed by atoms with Gasteiger partial charge in [-0.3, -0.25) is 9.59 Å². The smallest absolute Gasteiger partial charge is 0.222 e. The van der Waals surface area contributed by atoms with E-state index in [1.807, 2.05) is 0 Å². The van der Waals surface area contributed by atoms with E-state index in [9.17, 15) is 50.4 Å². The second kappa shape index (κ2) is 19.0. The van der Waals surface area contributed by atoms with Crippen molar-refractivity contribution in [1.29, 1.82) is 0 Å². The first kappa shape index (κ1) is 35.9. The van der Waals surface area contributed by atoms with Crippen LogP contribution in [0.1, 0.15) is 64.2 Å². The maximum atomic E-state index is 12.1. The molecule has 2 heterocycles. The average Bonchev–Trinajstić information content (AvgIpc) is 2.97. The average molecular weight is 601 g/mol. The van der Waals surface area contributed by atoms with E-state index in [1.54, 1.807) is 0 Å². The summed E-state index contributed by atoms with van der Waals surface area (Å²) in [4.78, 5) is 24.2. The van der Waals surface area contributed by atoms with Crippen molar-refractivity contribution in [3.05, 3.63) is 0 Å². The highest BCUT2D eigenvalue weighted by atomic mass is 16.6. The molecule has 10 N–H and O–H groups in total. The van der Waals surface area contributed by atoms with Gasteiger partial charge >= 0.3 is 0 Å². The predicted molar refractivity (Wildman–Crippen MR) is 146 cm³/mol. The van der Waals surface area contributed by atoms with Crippen molar-refractivity contribution in [1.82, 2.24) is 10.6 Å². The van der Waals surface area contributed by atoms with Gasteiger partial charge in [-0.05, 0) is 37.5 Å². The molecule has 10 atom stereocenters. The number of amides is 2. The van der Waals surface area contributed by atoms with Crippen molar-refractivity contribution < 1.29 is 59.9 Å². The fourth-order valence-electron chi connectivity index (χ4n) is 4.47. The highest BCUT2D eigenvalue weighted by Gasteiger charge is 2.45. The zero-order chi connectivity index (χ0) is 31.1. The minimum absolute atomic E-state index is 0.178. The second-order valence-electron chi connectivity index (χ2n) is 10.4. The summed E-state index contributed by atoms with van der Waals surface area (Å²) in [5.74, 6) is 10.7. The summed E-state index contributed by atoms with van der Waals surface area (Å²) in [6.45, 7) is -1.13. The largest absolute Gasteiger partial charge is 0.394 e. The Morgan fingerprint density at radius 1 is 0.548 bits per heavy atom. The number of unbranched alkanes of at least 4 members (excludes halogenated alkanes) is 6. The Kier molecular flexibility index (Phi) is 16.3. The van der Waals surface area contributed by atoms with Crippen LogP contribution >= 0.6 is 0 Å². The SMILES string of the molecule is O=C(CCCCCC#CC#CCCCCCC(=O)N[C@@H]1O[C@H](CO)[C@@H](O)[C@H](O)[C@H]1O)N[C@@H]1O[C@H](CO)[C@@H](O)[C@H](O)[C@H]1O.